The molecule has 2 atom stereocenters. The summed E-state index contributed by atoms with van der Waals surface area (Å²) in [6.45, 7) is 0.192. The van der Waals surface area contributed by atoms with Gasteiger partial charge in [0.2, 0.25) is 11.8 Å². The van der Waals surface area contributed by atoms with Crippen LogP contribution in [0.1, 0.15) is 26.2 Å². The summed E-state index contributed by atoms with van der Waals surface area (Å²) in [5.74, 6) is -3.42. The topological polar surface area (TPSA) is 86.7 Å². The molecule has 1 rings (SSSR count). The van der Waals surface area contributed by atoms with Crippen LogP contribution in [-0.4, -0.2) is 53.1 Å². The van der Waals surface area contributed by atoms with Crippen molar-refractivity contribution in [3.63, 3.8) is 0 Å². The van der Waals surface area contributed by atoms with Gasteiger partial charge in [0, 0.05) is 12.6 Å². The Morgan fingerprint density at radius 1 is 1.29 bits per heavy atom. The number of hydrogen-bond donors (Lipinski definition) is 2. The monoisotopic (exact) mass is 310 g/mol. The number of carboxylic acid groups (broad SMARTS) is 1. The predicted octanol–water partition coefficient (Wildman–Crippen LogP) is 0.767. The van der Waals surface area contributed by atoms with Gasteiger partial charge in [-0.25, -0.2) is 0 Å². The number of likely N-dealkylation sites (tertiary alicyclic amines) is 1. The summed E-state index contributed by atoms with van der Waals surface area (Å²) in [5, 5.41) is 10.6. The minimum atomic E-state index is -4.54. The third kappa shape index (κ3) is 5.60. The summed E-state index contributed by atoms with van der Waals surface area (Å²) in [5.41, 5.74) is 0. The molecule has 1 aliphatic rings. The Hall–Kier alpha value is -1.80. The fraction of sp³-hybridized carbons (Fsp3) is 0.750. The highest BCUT2D eigenvalue weighted by molar-refractivity contribution is 5.97. The summed E-state index contributed by atoms with van der Waals surface area (Å²) in [7, 11) is 0. The Morgan fingerprint density at radius 3 is 2.43 bits per heavy atom. The second kappa shape index (κ2) is 6.77. The lowest BCUT2D eigenvalue weighted by atomic mass is 9.93. The molecule has 2 unspecified atom stereocenters. The van der Waals surface area contributed by atoms with Crippen LogP contribution in [0.25, 0.3) is 0 Å². The maximum Gasteiger partial charge on any atom is 0.405 e. The highest BCUT2D eigenvalue weighted by Gasteiger charge is 2.33. The van der Waals surface area contributed by atoms with Gasteiger partial charge < -0.3 is 15.3 Å². The van der Waals surface area contributed by atoms with Crippen molar-refractivity contribution < 1.29 is 32.7 Å². The second-order valence-electron chi connectivity index (χ2n) is 5.08. The highest BCUT2D eigenvalue weighted by atomic mass is 19.4. The normalized spacial score (nSPS) is 22.8. The minimum Gasteiger partial charge on any atom is -0.481 e. The van der Waals surface area contributed by atoms with Crippen molar-refractivity contribution in [3.05, 3.63) is 0 Å². The van der Waals surface area contributed by atoms with Gasteiger partial charge in [-0.15, -0.1) is 0 Å². The zero-order valence-corrected chi connectivity index (χ0v) is 11.4. The zero-order chi connectivity index (χ0) is 16.2. The van der Waals surface area contributed by atoms with Crippen LogP contribution in [0.3, 0.4) is 0 Å². The number of halogens is 3. The number of carbonyl (C=O) groups is 3. The highest BCUT2D eigenvalue weighted by Crippen LogP contribution is 2.22. The summed E-state index contributed by atoms with van der Waals surface area (Å²) >= 11 is 0. The van der Waals surface area contributed by atoms with E-state index in [4.69, 9.17) is 5.11 Å². The van der Waals surface area contributed by atoms with Gasteiger partial charge in [0.25, 0.3) is 0 Å². The van der Waals surface area contributed by atoms with Crippen LogP contribution < -0.4 is 5.32 Å². The van der Waals surface area contributed by atoms with Gasteiger partial charge in [-0.3, -0.25) is 14.4 Å². The zero-order valence-electron chi connectivity index (χ0n) is 11.4. The van der Waals surface area contributed by atoms with E-state index in [1.165, 1.54) is 4.90 Å². The molecule has 120 valence electrons. The average Bonchev–Trinajstić information content (AvgIpc) is 2.35. The standard InChI is InChI=1S/C12H17F3N2O4/c1-7-2-3-8(11(20)21)5-17(7)10(19)4-9(18)16-6-12(13,14)15/h7-8H,2-6H2,1H3,(H,16,18)(H,20,21). The average molecular weight is 310 g/mol. The first kappa shape index (κ1) is 17.3. The van der Waals surface area contributed by atoms with Gasteiger partial charge in [0.15, 0.2) is 0 Å². The lowest BCUT2D eigenvalue weighted by Crippen LogP contribution is -2.48. The van der Waals surface area contributed by atoms with Gasteiger partial charge in [0.1, 0.15) is 13.0 Å². The molecule has 0 aliphatic carbocycles. The van der Waals surface area contributed by atoms with Crippen LogP contribution in [0.4, 0.5) is 13.2 Å². The molecule has 0 bridgehead atoms. The Labute approximate surface area is 119 Å². The first-order valence-corrected chi connectivity index (χ1v) is 6.46. The molecule has 0 saturated carbocycles. The van der Waals surface area contributed by atoms with Crippen molar-refractivity contribution in [1.29, 1.82) is 0 Å². The van der Waals surface area contributed by atoms with Gasteiger partial charge >= 0.3 is 12.1 Å². The largest absolute Gasteiger partial charge is 0.481 e. The van der Waals surface area contributed by atoms with Crippen LogP contribution in [0.5, 0.6) is 0 Å². The van der Waals surface area contributed by atoms with E-state index < -0.39 is 42.8 Å². The first-order valence-electron chi connectivity index (χ1n) is 6.46. The van der Waals surface area contributed by atoms with Crippen molar-refractivity contribution in [3.8, 4) is 0 Å². The third-order valence-corrected chi connectivity index (χ3v) is 3.35. The molecule has 2 amide bonds. The van der Waals surface area contributed by atoms with E-state index in [0.29, 0.717) is 12.8 Å². The van der Waals surface area contributed by atoms with Gasteiger partial charge in [-0.1, -0.05) is 0 Å². The van der Waals surface area contributed by atoms with E-state index in [1.54, 1.807) is 12.2 Å². The molecule has 0 aromatic rings. The second-order valence-corrected chi connectivity index (χ2v) is 5.08. The number of alkyl halides is 3. The summed E-state index contributed by atoms with van der Waals surface area (Å²) in [6.07, 6.45) is -4.34. The maximum absolute atomic E-state index is 11.9. The van der Waals surface area contributed by atoms with Crippen molar-refractivity contribution >= 4 is 17.8 Å². The van der Waals surface area contributed by atoms with E-state index in [9.17, 15) is 27.6 Å². The smallest absolute Gasteiger partial charge is 0.405 e. The number of piperidine rings is 1. The van der Waals surface area contributed by atoms with Gasteiger partial charge in [-0.05, 0) is 19.8 Å². The number of amides is 2. The fourth-order valence-electron chi connectivity index (χ4n) is 2.16. The van der Waals surface area contributed by atoms with E-state index >= 15 is 0 Å². The van der Waals surface area contributed by atoms with E-state index in [-0.39, 0.29) is 12.6 Å². The van der Waals surface area contributed by atoms with Crippen LogP contribution in [0.15, 0.2) is 0 Å². The number of rotatable bonds is 4. The van der Waals surface area contributed by atoms with E-state index in [0.717, 1.165) is 0 Å². The quantitative estimate of drug-likeness (QED) is 0.751. The molecule has 21 heavy (non-hydrogen) atoms. The molecule has 1 fully saturated rings. The fourth-order valence-corrected chi connectivity index (χ4v) is 2.16. The molecule has 0 radical (unpaired) electrons. The minimum absolute atomic E-state index is 0.0259. The Balaban J connectivity index is 2.53. The van der Waals surface area contributed by atoms with E-state index in [1.807, 2.05) is 0 Å². The Morgan fingerprint density at radius 2 is 1.90 bits per heavy atom. The van der Waals surface area contributed by atoms with Crippen LogP contribution in [0, 0.1) is 5.92 Å². The number of nitrogens with one attached hydrogen (secondary N) is 1. The molecule has 9 heteroatoms. The number of nitrogens with zero attached hydrogens (tertiary/aromatic N) is 1. The molecule has 1 saturated heterocycles. The molecule has 0 aromatic heterocycles. The predicted molar refractivity (Wildman–Crippen MR) is 65.2 cm³/mol. The molecule has 0 spiro atoms. The van der Waals surface area contributed by atoms with Crippen molar-refractivity contribution in [2.24, 2.45) is 5.92 Å². The summed E-state index contributed by atoms with van der Waals surface area (Å²) in [4.78, 5) is 35.4. The molecule has 1 heterocycles. The maximum atomic E-state index is 11.9. The molecule has 0 aromatic carbocycles. The molecule has 6 nitrogen and oxygen atoms in total. The Bertz CT molecular complexity index is 425. The summed E-state index contributed by atoms with van der Waals surface area (Å²) in [6, 6.07) is -0.233. The molecule has 2 N–H and O–H groups in total. The number of carbonyl (C=O) groups excluding carboxylic acids is 2. The Kier molecular flexibility index (Phi) is 5.56. The van der Waals surface area contributed by atoms with Crippen LogP contribution >= 0.6 is 0 Å². The SMILES string of the molecule is CC1CCC(C(=O)O)CN1C(=O)CC(=O)NCC(F)(F)F. The lowest BCUT2D eigenvalue weighted by molar-refractivity contribution is -0.149. The number of carboxylic acids is 1. The van der Waals surface area contributed by atoms with Crippen molar-refractivity contribution in [2.75, 3.05) is 13.1 Å². The molecular formula is C12H17F3N2O4. The van der Waals surface area contributed by atoms with Gasteiger partial charge in [0.05, 0.1) is 5.92 Å². The lowest BCUT2D eigenvalue weighted by Gasteiger charge is -2.36. The van der Waals surface area contributed by atoms with Gasteiger partial charge in [-0.2, -0.15) is 13.2 Å². The van der Waals surface area contributed by atoms with E-state index in [2.05, 4.69) is 0 Å². The number of aliphatic carboxylic acids is 1. The molecular weight excluding hydrogens is 293 g/mol. The molecule has 1 aliphatic heterocycles. The summed E-state index contributed by atoms with van der Waals surface area (Å²) < 4.78 is 35.8. The van der Waals surface area contributed by atoms with Crippen LogP contribution in [-0.2, 0) is 14.4 Å². The first-order chi connectivity index (χ1) is 9.60. The van der Waals surface area contributed by atoms with Crippen molar-refractivity contribution in [2.45, 2.75) is 38.4 Å². The number of hydrogen-bond acceptors (Lipinski definition) is 3. The van der Waals surface area contributed by atoms with Crippen LogP contribution in [0.2, 0.25) is 0 Å². The third-order valence-electron chi connectivity index (χ3n) is 3.35. The van der Waals surface area contributed by atoms with Crippen molar-refractivity contribution in [1.82, 2.24) is 10.2 Å².